The minimum atomic E-state index is -0.233. The molecule has 152 valence electrons. The lowest BCUT2D eigenvalue weighted by Gasteiger charge is -2.13. The number of hydrazone groups is 1. The minimum Gasteiger partial charge on any atom is -0.493 e. The fourth-order valence-electron chi connectivity index (χ4n) is 2.86. The Morgan fingerprint density at radius 3 is 2.59 bits per heavy atom. The Kier molecular flexibility index (Phi) is 6.83. The third kappa shape index (κ3) is 4.74. The number of hydrogen-bond acceptors (Lipinski definition) is 4. The molecule has 0 fully saturated rings. The molecule has 1 amide bonds. The third-order valence-corrected chi connectivity index (χ3v) is 5.20. The summed E-state index contributed by atoms with van der Waals surface area (Å²) < 4.78 is 11.2. The fourth-order valence-corrected chi connectivity index (χ4v) is 3.15. The van der Waals surface area contributed by atoms with Crippen molar-refractivity contribution in [1.82, 2.24) is 0 Å². The first-order chi connectivity index (χ1) is 13.9. The highest BCUT2D eigenvalue weighted by Crippen LogP contribution is 2.32. The highest BCUT2D eigenvalue weighted by atomic mass is 35.5. The summed E-state index contributed by atoms with van der Waals surface area (Å²) >= 11 is 12.0. The van der Waals surface area contributed by atoms with Gasteiger partial charge in [0.2, 0.25) is 0 Å². The van der Waals surface area contributed by atoms with Crippen molar-refractivity contribution in [3.63, 3.8) is 0 Å². The van der Waals surface area contributed by atoms with Gasteiger partial charge in [0.05, 0.1) is 40.7 Å². The van der Waals surface area contributed by atoms with Crippen LogP contribution >= 0.6 is 23.2 Å². The van der Waals surface area contributed by atoms with Gasteiger partial charge >= 0.3 is 0 Å². The Labute approximate surface area is 180 Å². The van der Waals surface area contributed by atoms with Crippen molar-refractivity contribution < 1.29 is 14.3 Å². The van der Waals surface area contributed by atoms with Crippen LogP contribution < -0.4 is 14.5 Å². The van der Waals surface area contributed by atoms with E-state index in [0.29, 0.717) is 45.1 Å². The Morgan fingerprint density at radius 2 is 1.90 bits per heavy atom. The third-order valence-electron chi connectivity index (χ3n) is 4.46. The van der Waals surface area contributed by atoms with Gasteiger partial charge in [-0.1, -0.05) is 42.6 Å². The Hall–Kier alpha value is -2.50. The molecule has 0 unspecified atom stereocenters. The molecule has 1 heterocycles. The van der Waals surface area contributed by atoms with Crippen LogP contribution in [0.5, 0.6) is 11.5 Å². The molecule has 0 saturated carbocycles. The predicted molar refractivity (Wildman–Crippen MR) is 118 cm³/mol. The van der Waals surface area contributed by atoms with Crippen molar-refractivity contribution in [2.75, 3.05) is 18.7 Å². The molecule has 0 spiro atoms. The first kappa shape index (κ1) is 21.2. The van der Waals surface area contributed by atoms with E-state index in [2.05, 4.69) is 12.0 Å². The van der Waals surface area contributed by atoms with Crippen molar-refractivity contribution in [2.45, 2.75) is 26.7 Å². The van der Waals surface area contributed by atoms with E-state index in [0.717, 1.165) is 18.4 Å². The molecule has 2 aromatic carbocycles. The van der Waals surface area contributed by atoms with Gasteiger partial charge in [-0.3, -0.25) is 4.79 Å². The molecule has 1 aliphatic rings. The van der Waals surface area contributed by atoms with Crippen LogP contribution in [0.2, 0.25) is 10.0 Å². The van der Waals surface area contributed by atoms with Gasteiger partial charge < -0.3 is 9.47 Å². The normalized spacial score (nSPS) is 15.1. The minimum absolute atomic E-state index is 0.233. The van der Waals surface area contributed by atoms with Gasteiger partial charge in [0.25, 0.3) is 5.91 Å². The summed E-state index contributed by atoms with van der Waals surface area (Å²) in [6, 6.07) is 10.5. The maximum Gasteiger partial charge on any atom is 0.280 e. The molecule has 0 atom stereocenters. The summed E-state index contributed by atoms with van der Waals surface area (Å²) in [6.45, 7) is 4.54. The van der Waals surface area contributed by atoms with E-state index >= 15 is 0 Å². The van der Waals surface area contributed by atoms with Gasteiger partial charge in [-0.15, -0.1) is 0 Å². The highest BCUT2D eigenvalue weighted by Gasteiger charge is 2.29. The summed E-state index contributed by atoms with van der Waals surface area (Å²) in [5.41, 5.74) is 2.49. The van der Waals surface area contributed by atoms with E-state index in [1.54, 1.807) is 38.3 Å². The average Bonchev–Trinajstić information content (AvgIpc) is 2.99. The summed E-state index contributed by atoms with van der Waals surface area (Å²) in [5, 5.41) is 6.48. The number of carbonyl (C=O) groups is 1. The van der Waals surface area contributed by atoms with Crippen LogP contribution in [0.15, 0.2) is 47.1 Å². The Bertz CT molecular complexity index is 986. The summed E-state index contributed by atoms with van der Waals surface area (Å²) in [7, 11) is 1.60. The average molecular weight is 433 g/mol. The van der Waals surface area contributed by atoms with Crippen molar-refractivity contribution in [3.05, 3.63) is 57.6 Å². The molecule has 1 aliphatic heterocycles. The first-order valence-corrected chi connectivity index (χ1v) is 10.1. The van der Waals surface area contributed by atoms with Gasteiger partial charge in [0, 0.05) is 0 Å². The van der Waals surface area contributed by atoms with Crippen molar-refractivity contribution in [2.24, 2.45) is 5.10 Å². The van der Waals surface area contributed by atoms with Crippen LogP contribution in [0, 0.1) is 0 Å². The fraction of sp³-hybridized carbons (Fsp3) is 0.273. The van der Waals surface area contributed by atoms with E-state index < -0.39 is 0 Å². The van der Waals surface area contributed by atoms with Gasteiger partial charge in [-0.2, -0.15) is 10.1 Å². The second kappa shape index (κ2) is 9.33. The van der Waals surface area contributed by atoms with Crippen LogP contribution in [0.4, 0.5) is 5.69 Å². The number of hydrogen-bond donors (Lipinski definition) is 0. The lowest BCUT2D eigenvalue weighted by Crippen LogP contribution is -2.21. The monoisotopic (exact) mass is 432 g/mol. The molecule has 2 aromatic rings. The number of anilines is 1. The van der Waals surface area contributed by atoms with E-state index in [1.165, 1.54) is 5.01 Å². The smallest absolute Gasteiger partial charge is 0.280 e. The zero-order chi connectivity index (χ0) is 21.0. The van der Waals surface area contributed by atoms with Crippen LogP contribution in [0.3, 0.4) is 0 Å². The maximum absolute atomic E-state index is 12.9. The standard InChI is InChI=1S/C22H22Cl2N2O3/c1-4-5-10-29-20-9-6-15(12-21(20)28-3)11-17-14(2)25-26(22(17)27)16-7-8-18(23)19(24)13-16/h6-9,11-13H,4-5,10H2,1-3H3. The number of benzene rings is 2. The van der Waals surface area contributed by atoms with Gasteiger partial charge in [0.15, 0.2) is 11.5 Å². The lowest BCUT2D eigenvalue weighted by molar-refractivity contribution is -0.114. The summed E-state index contributed by atoms with van der Waals surface area (Å²) in [5.74, 6) is 1.07. The predicted octanol–water partition coefficient (Wildman–Crippen LogP) is 5.99. The molecule has 0 bridgehead atoms. The number of unbranched alkanes of at least 4 members (excludes halogenated alkanes) is 1. The molecule has 0 aromatic heterocycles. The van der Waals surface area contributed by atoms with Crippen LogP contribution in [0.1, 0.15) is 32.3 Å². The Balaban J connectivity index is 1.85. The van der Waals surface area contributed by atoms with Crippen LogP contribution in [0.25, 0.3) is 6.08 Å². The topological polar surface area (TPSA) is 51.1 Å². The SMILES string of the molecule is CCCCOc1ccc(C=C2C(=O)N(c3ccc(Cl)c(Cl)c3)N=C2C)cc1OC. The van der Waals surface area contributed by atoms with Crippen molar-refractivity contribution in [3.8, 4) is 11.5 Å². The molecular formula is C22H22Cl2N2O3. The number of nitrogens with zero attached hydrogens (tertiary/aromatic N) is 2. The number of amides is 1. The molecule has 3 rings (SSSR count). The number of rotatable bonds is 7. The van der Waals surface area contributed by atoms with Crippen molar-refractivity contribution in [1.29, 1.82) is 0 Å². The van der Waals surface area contributed by atoms with Crippen LogP contribution in [-0.4, -0.2) is 25.3 Å². The second-order valence-electron chi connectivity index (χ2n) is 6.57. The molecule has 0 N–H and O–H groups in total. The van der Waals surface area contributed by atoms with E-state index in [-0.39, 0.29) is 5.91 Å². The molecule has 0 aliphatic carbocycles. The second-order valence-corrected chi connectivity index (χ2v) is 7.39. The zero-order valence-corrected chi connectivity index (χ0v) is 18.0. The molecule has 0 saturated heterocycles. The van der Waals surface area contributed by atoms with Gasteiger partial charge in [-0.05, 0) is 55.3 Å². The van der Waals surface area contributed by atoms with E-state index in [4.69, 9.17) is 32.7 Å². The van der Waals surface area contributed by atoms with E-state index in [9.17, 15) is 4.79 Å². The number of methoxy groups -OCH3 is 1. The van der Waals surface area contributed by atoms with E-state index in [1.807, 2.05) is 18.2 Å². The largest absolute Gasteiger partial charge is 0.493 e. The lowest BCUT2D eigenvalue weighted by atomic mass is 10.1. The molecule has 29 heavy (non-hydrogen) atoms. The van der Waals surface area contributed by atoms with Crippen molar-refractivity contribution >= 4 is 46.6 Å². The molecule has 0 radical (unpaired) electrons. The summed E-state index contributed by atoms with van der Waals surface area (Å²) in [4.78, 5) is 12.9. The quantitative estimate of drug-likeness (QED) is 0.398. The number of ether oxygens (including phenoxy) is 2. The van der Waals surface area contributed by atoms with Crippen LogP contribution in [-0.2, 0) is 4.79 Å². The number of halogens is 2. The molecule has 5 nitrogen and oxygen atoms in total. The molecule has 7 heteroatoms. The van der Waals surface area contributed by atoms with Gasteiger partial charge in [-0.25, -0.2) is 0 Å². The first-order valence-electron chi connectivity index (χ1n) is 9.32. The zero-order valence-electron chi connectivity index (χ0n) is 16.5. The van der Waals surface area contributed by atoms with Gasteiger partial charge in [0.1, 0.15) is 0 Å². The highest BCUT2D eigenvalue weighted by molar-refractivity contribution is 6.42. The molecular weight excluding hydrogens is 411 g/mol. The summed E-state index contributed by atoms with van der Waals surface area (Å²) in [6.07, 6.45) is 3.82. The number of carbonyl (C=O) groups excluding carboxylic acids is 1. The maximum atomic E-state index is 12.9. The Morgan fingerprint density at radius 1 is 1.10 bits per heavy atom.